The minimum absolute atomic E-state index is 0.0321. The number of carbonyl (C=O) groups is 2. The Balaban J connectivity index is 1.92. The summed E-state index contributed by atoms with van der Waals surface area (Å²) in [4.78, 5) is 25.6. The molecule has 0 aromatic carbocycles. The zero-order valence-corrected chi connectivity index (χ0v) is 39.4. The van der Waals surface area contributed by atoms with Crippen LogP contribution in [0.25, 0.3) is 0 Å². The number of hydrogen-bond acceptors (Lipinski definition) is 15. The lowest BCUT2D eigenvalue weighted by Crippen LogP contribution is -2.61. The normalized spacial score (nSPS) is 26.9. The molecule has 0 aromatic rings. The van der Waals surface area contributed by atoms with Crippen LogP contribution >= 0.6 is 0 Å². The van der Waals surface area contributed by atoms with Gasteiger partial charge in [-0.1, -0.05) is 144 Å². The highest BCUT2D eigenvalue weighted by atomic mass is 16.7. The molecule has 376 valence electrons. The smallest absolute Gasteiger partial charge is 0.310 e. The van der Waals surface area contributed by atoms with Crippen LogP contribution in [0.3, 0.4) is 0 Å². The van der Waals surface area contributed by atoms with Gasteiger partial charge in [0.1, 0.15) is 55.4 Å². The summed E-state index contributed by atoms with van der Waals surface area (Å²) in [6.45, 7) is 2.32. The molecule has 2 saturated heterocycles. The first-order valence-corrected chi connectivity index (χ1v) is 24.2. The number of carbonyl (C=O) groups excluding carboxylic acids is 2. The summed E-state index contributed by atoms with van der Waals surface area (Å²) in [6, 6.07) is 0. The predicted octanol–water partition coefficient (Wildman–Crippen LogP) is 6.04. The molecule has 4 unspecified atom stereocenters. The molecule has 0 bridgehead atoms. The van der Waals surface area contributed by atoms with E-state index in [0.29, 0.717) is 12.8 Å². The fourth-order valence-corrected chi connectivity index (χ4v) is 6.89. The van der Waals surface area contributed by atoms with Gasteiger partial charge in [-0.3, -0.25) is 9.59 Å². The molecular formula is C51H82O15. The molecule has 2 aliphatic rings. The fraction of sp³-hybridized carbons (Fsp3) is 0.686. The monoisotopic (exact) mass is 935 g/mol. The van der Waals surface area contributed by atoms with Crippen molar-refractivity contribution < 1.29 is 73.8 Å². The number of esters is 2. The van der Waals surface area contributed by atoms with E-state index in [1.165, 1.54) is 57.8 Å². The zero-order valence-electron chi connectivity index (χ0n) is 39.4. The Bertz CT molecular complexity index is 1470. The van der Waals surface area contributed by atoms with E-state index in [0.717, 1.165) is 32.1 Å². The van der Waals surface area contributed by atoms with Gasteiger partial charge in [0.15, 0.2) is 18.7 Å². The van der Waals surface area contributed by atoms with Crippen molar-refractivity contribution in [2.24, 2.45) is 0 Å². The van der Waals surface area contributed by atoms with E-state index in [1.54, 1.807) is 12.2 Å². The quantitative estimate of drug-likeness (QED) is 0.0218. The van der Waals surface area contributed by atoms with Gasteiger partial charge in [-0.15, -0.1) is 0 Å². The van der Waals surface area contributed by atoms with Crippen LogP contribution in [-0.2, 0) is 38.0 Å². The highest BCUT2D eigenvalue weighted by Crippen LogP contribution is 2.26. The van der Waals surface area contributed by atoms with E-state index in [1.807, 2.05) is 30.4 Å². The van der Waals surface area contributed by atoms with Crippen LogP contribution in [0.4, 0.5) is 0 Å². The summed E-state index contributed by atoms with van der Waals surface area (Å²) in [5.41, 5.74) is 0. The van der Waals surface area contributed by atoms with E-state index in [9.17, 15) is 45.3 Å². The molecule has 11 atom stereocenters. The van der Waals surface area contributed by atoms with Crippen LogP contribution in [-0.4, -0.2) is 142 Å². The van der Waals surface area contributed by atoms with E-state index in [-0.39, 0.29) is 12.8 Å². The van der Waals surface area contributed by atoms with E-state index < -0.39 is 106 Å². The maximum absolute atomic E-state index is 12.9. The molecule has 2 aliphatic heterocycles. The number of ether oxygens (including phenoxy) is 6. The third-order valence-electron chi connectivity index (χ3n) is 10.9. The molecule has 0 saturated carbocycles. The Morgan fingerprint density at radius 1 is 0.485 bits per heavy atom. The summed E-state index contributed by atoms with van der Waals surface area (Å²) < 4.78 is 33.2. The number of rotatable bonds is 35. The minimum Gasteiger partial charge on any atom is -0.461 e. The zero-order chi connectivity index (χ0) is 48.2. The maximum atomic E-state index is 12.9. The summed E-state index contributed by atoms with van der Waals surface area (Å²) >= 11 is 0. The second kappa shape index (κ2) is 37.6. The van der Waals surface area contributed by atoms with Crippen molar-refractivity contribution in [3.8, 4) is 0 Å². The average Bonchev–Trinajstić information content (AvgIpc) is 3.31. The highest BCUT2D eigenvalue weighted by Gasteiger charge is 2.47. The van der Waals surface area contributed by atoms with E-state index in [2.05, 4.69) is 56.4 Å². The number of aliphatic hydroxyl groups excluding tert-OH is 7. The molecule has 0 spiro atoms. The van der Waals surface area contributed by atoms with Gasteiger partial charge in [0.05, 0.1) is 32.7 Å². The standard InChI is InChI=1S/C51H82O15/c1-3-5-7-9-11-13-15-17-19-21-23-25-27-29-31-33-42(53)61-36-39(64-43(54)34-32-30-28-26-24-22-20-18-16-14-12-10-8-6-4-2)37-62-50-49(60)47(58)45(56)41(66-50)38-63-51-48(59)46(57)44(55)40(35-52)65-51/h11,13,17-20,23-26,29-32,39-41,44-52,55-60H,3-10,12,14-16,21-22,27-28,33-38H2,1-2H3/t39-,40-,41-,44+,45+,46?,47?,48?,49?,50-,51+/m1/s1. The predicted molar refractivity (Wildman–Crippen MR) is 252 cm³/mol. The molecule has 66 heavy (non-hydrogen) atoms. The number of hydrogen-bond donors (Lipinski definition) is 7. The number of allylic oxidation sites excluding steroid dienone is 12. The second-order valence-corrected chi connectivity index (χ2v) is 16.6. The Labute approximate surface area is 393 Å². The molecule has 0 amide bonds. The topological polar surface area (TPSA) is 231 Å². The number of unbranched alkanes of at least 4 members (excludes halogenated alkanes) is 9. The van der Waals surface area contributed by atoms with Crippen LogP contribution in [0.15, 0.2) is 85.1 Å². The number of aliphatic hydroxyl groups is 7. The molecule has 2 rings (SSSR count). The van der Waals surface area contributed by atoms with Gasteiger partial charge in [0.25, 0.3) is 0 Å². The van der Waals surface area contributed by atoms with Crippen LogP contribution in [0.2, 0.25) is 0 Å². The summed E-state index contributed by atoms with van der Waals surface area (Å²) in [6.07, 6.45) is 28.2. The molecule has 2 heterocycles. The third kappa shape index (κ3) is 25.7. The van der Waals surface area contributed by atoms with Crippen LogP contribution in [0.5, 0.6) is 0 Å². The first-order chi connectivity index (χ1) is 32.0. The molecule has 15 nitrogen and oxygen atoms in total. The Morgan fingerprint density at radius 3 is 1.45 bits per heavy atom. The van der Waals surface area contributed by atoms with Gasteiger partial charge in [0.2, 0.25) is 0 Å². The lowest BCUT2D eigenvalue weighted by molar-refractivity contribution is -0.332. The van der Waals surface area contributed by atoms with Gasteiger partial charge < -0.3 is 64.2 Å². The van der Waals surface area contributed by atoms with Crippen molar-refractivity contribution in [2.45, 2.75) is 197 Å². The first kappa shape index (κ1) is 58.8. The summed E-state index contributed by atoms with van der Waals surface area (Å²) in [7, 11) is 0. The molecule has 0 radical (unpaired) electrons. The van der Waals surface area contributed by atoms with Gasteiger partial charge >= 0.3 is 11.9 Å². The minimum atomic E-state index is -1.79. The Morgan fingerprint density at radius 2 is 0.909 bits per heavy atom. The highest BCUT2D eigenvalue weighted by molar-refractivity contribution is 5.72. The summed E-state index contributed by atoms with van der Waals surface area (Å²) in [5, 5.41) is 71.9. The third-order valence-corrected chi connectivity index (χ3v) is 10.9. The lowest BCUT2D eigenvalue weighted by atomic mass is 9.98. The lowest BCUT2D eigenvalue weighted by Gasteiger charge is -2.42. The van der Waals surface area contributed by atoms with E-state index >= 15 is 0 Å². The second-order valence-electron chi connectivity index (χ2n) is 16.6. The van der Waals surface area contributed by atoms with E-state index in [4.69, 9.17) is 28.4 Å². The van der Waals surface area contributed by atoms with Gasteiger partial charge in [-0.2, -0.15) is 0 Å². The Hall–Kier alpha value is -3.32. The molecular weight excluding hydrogens is 853 g/mol. The van der Waals surface area contributed by atoms with Crippen molar-refractivity contribution in [2.75, 3.05) is 26.4 Å². The molecule has 2 fully saturated rings. The summed E-state index contributed by atoms with van der Waals surface area (Å²) in [5.74, 6) is -1.21. The SMILES string of the molecule is CCCCCC=CCC=CCC=CCC=CCC(=O)OC[C@H](CO[C@@H]1O[C@H](CO[C@H]2O[C@H](CO)[C@H](O)C(O)C2O)[C@H](O)C(O)C1O)OC(=O)CC=CCC=CCC=CCCCCCCCC. The molecule has 7 N–H and O–H groups in total. The van der Waals surface area contributed by atoms with Crippen molar-refractivity contribution in [1.82, 2.24) is 0 Å². The van der Waals surface area contributed by atoms with Gasteiger partial charge in [-0.25, -0.2) is 0 Å². The average molecular weight is 935 g/mol. The maximum Gasteiger partial charge on any atom is 0.310 e. The largest absolute Gasteiger partial charge is 0.461 e. The van der Waals surface area contributed by atoms with Crippen LogP contribution in [0, 0.1) is 0 Å². The van der Waals surface area contributed by atoms with Crippen LogP contribution < -0.4 is 0 Å². The van der Waals surface area contributed by atoms with Gasteiger partial charge in [0, 0.05) is 0 Å². The Kier molecular flexibility index (Phi) is 33.5. The molecule has 15 heteroatoms. The molecule has 0 aromatic heterocycles. The molecule has 0 aliphatic carbocycles. The van der Waals surface area contributed by atoms with Crippen LogP contribution in [0.1, 0.15) is 129 Å². The van der Waals surface area contributed by atoms with Crippen molar-refractivity contribution in [3.05, 3.63) is 85.1 Å². The van der Waals surface area contributed by atoms with Crippen molar-refractivity contribution in [3.63, 3.8) is 0 Å². The fourth-order valence-electron chi connectivity index (χ4n) is 6.89. The van der Waals surface area contributed by atoms with Gasteiger partial charge in [-0.05, 0) is 57.8 Å². The van der Waals surface area contributed by atoms with Crippen molar-refractivity contribution >= 4 is 11.9 Å². The first-order valence-electron chi connectivity index (χ1n) is 24.2. The van der Waals surface area contributed by atoms with Crippen molar-refractivity contribution in [1.29, 1.82) is 0 Å².